The molecule has 4 atom stereocenters. The largest absolute Gasteiger partial charge is 0.0882 e. The molecule has 0 N–H and O–H groups in total. The Morgan fingerprint density at radius 1 is 0.833 bits per heavy atom. The van der Waals surface area contributed by atoms with Crippen LogP contribution in [0.2, 0.25) is 0 Å². The van der Waals surface area contributed by atoms with Crippen molar-refractivity contribution in [2.75, 3.05) is 0 Å². The Morgan fingerprint density at radius 2 is 1.25 bits per heavy atom. The fraction of sp³-hybridized carbons (Fsp3) is 0.833. The van der Waals surface area contributed by atoms with Crippen molar-refractivity contribution < 1.29 is 0 Å². The molecular formula is C12H20. The molecule has 0 aromatic rings. The molecule has 0 nitrogen and oxygen atoms in total. The van der Waals surface area contributed by atoms with Crippen LogP contribution in [0, 0.1) is 23.7 Å². The van der Waals surface area contributed by atoms with E-state index in [-0.39, 0.29) is 0 Å². The van der Waals surface area contributed by atoms with Gasteiger partial charge in [-0.2, -0.15) is 0 Å². The van der Waals surface area contributed by atoms with Crippen molar-refractivity contribution in [2.45, 2.75) is 39.5 Å². The van der Waals surface area contributed by atoms with Crippen molar-refractivity contribution in [3.63, 3.8) is 0 Å². The van der Waals surface area contributed by atoms with Gasteiger partial charge in [0.25, 0.3) is 0 Å². The van der Waals surface area contributed by atoms with Crippen molar-refractivity contribution in [1.82, 2.24) is 0 Å². The highest BCUT2D eigenvalue weighted by molar-refractivity contribution is 4.99. The number of hydrogen-bond acceptors (Lipinski definition) is 0. The third-order valence-corrected chi connectivity index (χ3v) is 4.07. The minimum atomic E-state index is 0.983. The smallest absolute Gasteiger partial charge is 0.0317 e. The topological polar surface area (TPSA) is 0 Å². The van der Waals surface area contributed by atoms with Crippen LogP contribution in [0.5, 0.6) is 0 Å². The van der Waals surface area contributed by atoms with E-state index in [1.165, 1.54) is 25.7 Å². The van der Waals surface area contributed by atoms with Crippen LogP contribution >= 0.6 is 0 Å². The lowest BCUT2D eigenvalue weighted by molar-refractivity contribution is 0.106. The lowest BCUT2D eigenvalue weighted by atomic mass is 9.64. The summed E-state index contributed by atoms with van der Waals surface area (Å²) in [4.78, 5) is 0. The van der Waals surface area contributed by atoms with Crippen LogP contribution in [0.1, 0.15) is 39.5 Å². The highest BCUT2D eigenvalue weighted by atomic mass is 14.4. The minimum absolute atomic E-state index is 0.983. The van der Waals surface area contributed by atoms with Gasteiger partial charge < -0.3 is 0 Å². The third kappa shape index (κ3) is 1.32. The van der Waals surface area contributed by atoms with Crippen molar-refractivity contribution in [3.05, 3.63) is 12.2 Å². The van der Waals surface area contributed by atoms with Crippen LogP contribution in [0.25, 0.3) is 0 Å². The van der Waals surface area contributed by atoms with E-state index in [4.69, 9.17) is 0 Å². The predicted octanol–water partition coefficient (Wildman–Crippen LogP) is 3.63. The summed E-state index contributed by atoms with van der Waals surface area (Å²) < 4.78 is 0. The molecule has 0 saturated heterocycles. The molecule has 0 heteroatoms. The zero-order valence-corrected chi connectivity index (χ0v) is 8.29. The number of fused-ring (bicyclic) bond motifs is 1. The summed E-state index contributed by atoms with van der Waals surface area (Å²) in [5.41, 5.74) is 0. The highest BCUT2D eigenvalue weighted by Crippen LogP contribution is 2.44. The molecule has 4 unspecified atom stereocenters. The maximum atomic E-state index is 2.45. The second-order valence-corrected chi connectivity index (χ2v) is 4.80. The van der Waals surface area contributed by atoms with Crippen LogP contribution in [-0.2, 0) is 0 Å². The fourth-order valence-corrected chi connectivity index (χ4v) is 3.12. The first kappa shape index (κ1) is 8.34. The summed E-state index contributed by atoms with van der Waals surface area (Å²) in [6.07, 6.45) is 10.4. The van der Waals surface area contributed by atoms with Gasteiger partial charge in [0.2, 0.25) is 0 Å². The Labute approximate surface area is 76.1 Å². The van der Waals surface area contributed by atoms with Crippen LogP contribution in [0.15, 0.2) is 12.2 Å². The van der Waals surface area contributed by atoms with Gasteiger partial charge in [-0.15, -0.1) is 0 Å². The van der Waals surface area contributed by atoms with E-state index in [2.05, 4.69) is 26.0 Å². The highest BCUT2D eigenvalue weighted by Gasteiger charge is 2.34. The fourth-order valence-electron chi connectivity index (χ4n) is 3.12. The van der Waals surface area contributed by atoms with E-state index < -0.39 is 0 Å². The molecule has 0 spiro atoms. The maximum absolute atomic E-state index is 2.45. The number of rotatable bonds is 0. The molecule has 0 heterocycles. The van der Waals surface area contributed by atoms with Gasteiger partial charge in [-0.05, 0) is 36.5 Å². The molecule has 1 fully saturated rings. The van der Waals surface area contributed by atoms with Crippen molar-refractivity contribution >= 4 is 0 Å². The van der Waals surface area contributed by atoms with Gasteiger partial charge in [-0.3, -0.25) is 0 Å². The normalized spacial score (nSPS) is 47.2. The molecule has 0 radical (unpaired) electrons. The number of allylic oxidation sites excluding steroid dienone is 2. The molecule has 0 aromatic heterocycles. The van der Waals surface area contributed by atoms with Gasteiger partial charge in [0, 0.05) is 0 Å². The molecule has 0 aliphatic heterocycles. The van der Waals surface area contributed by atoms with Crippen molar-refractivity contribution in [3.8, 4) is 0 Å². The average Bonchev–Trinajstić information content (AvgIpc) is 2.12. The molecule has 0 aromatic carbocycles. The van der Waals surface area contributed by atoms with Gasteiger partial charge in [0.15, 0.2) is 0 Å². The van der Waals surface area contributed by atoms with E-state index in [0.717, 1.165) is 23.7 Å². The Bertz CT molecular complexity index is 160. The summed E-state index contributed by atoms with van der Waals surface area (Å²) in [5.74, 6) is 3.99. The first-order chi connectivity index (χ1) is 5.79. The molecule has 2 aliphatic carbocycles. The molecule has 2 rings (SSSR count). The monoisotopic (exact) mass is 164 g/mol. The molecular weight excluding hydrogens is 144 g/mol. The first-order valence-electron chi connectivity index (χ1n) is 5.44. The van der Waals surface area contributed by atoms with E-state index in [1.807, 2.05) is 0 Å². The Balaban J connectivity index is 2.12. The average molecular weight is 164 g/mol. The summed E-state index contributed by atoms with van der Waals surface area (Å²) in [7, 11) is 0. The lowest BCUT2D eigenvalue weighted by Crippen LogP contribution is -2.33. The third-order valence-electron chi connectivity index (χ3n) is 4.07. The van der Waals surface area contributed by atoms with Crippen LogP contribution < -0.4 is 0 Å². The van der Waals surface area contributed by atoms with Crippen molar-refractivity contribution in [2.24, 2.45) is 23.7 Å². The Morgan fingerprint density at radius 3 is 1.67 bits per heavy atom. The zero-order chi connectivity index (χ0) is 8.55. The Kier molecular flexibility index (Phi) is 2.25. The minimum Gasteiger partial charge on any atom is -0.0882 e. The molecule has 12 heavy (non-hydrogen) atoms. The van der Waals surface area contributed by atoms with E-state index in [9.17, 15) is 0 Å². The SMILES string of the molecule is CC1CCC(C)C2CC=CCC12. The van der Waals surface area contributed by atoms with Gasteiger partial charge in [0.05, 0.1) is 0 Å². The molecule has 0 bridgehead atoms. The second kappa shape index (κ2) is 3.24. The zero-order valence-electron chi connectivity index (χ0n) is 8.29. The van der Waals surface area contributed by atoms with E-state index in [1.54, 1.807) is 0 Å². The molecule has 2 aliphatic rings. The van der Waals surface area contributed by atoms with Gasteiger partial charge in [-0.1, -0.05) is 38.8 Å². The van der Waals surface area contributed by atoms with Gasteiger partial charge in [-0.25, -0.2) is 0 Å². The Hall–Kier alpha value is -0.260. The summed E-state index contributed by atoms with van der Waals surface area (Å²) >= 11 is 0. The summed E-state index contributed by atoms with van der Waals surface area (Å²) in [6, 6.07) is 0. The summed E-state index contributed by atoms with van der Waals surface area (Å²) in [5, 5.41) is 0. The number of hydrogen-bond donors (Lipinski definition) is 0. The maximum Gasteiger partial charge on any atom is -0.0317 e. The van der Waals surface area contributed by atoms with Gasteiger partial charge >= 0.3 is 0 Å². The molecule has 1 saturated carbocycles. The second-order valence-electron chi connectivity index (χ2n) is 4.80. The van der Waals surface area contributed by atoms with Crippen molar-refractivity contribution in [1.29, 1.82) is 0 Å². The van der Waals surface area contributed by atoms with Crippen LogP contribution in [0.3, 0.4) is 0 Å². The molecule has 68 valence electrons. The van der Waals surface area contributed by atoms with E-state index >= 15 is 0 Å². The summed E-state index contributed by atoms with van der Waals surface area (Å²) in [6.45, 7) is 4.89. The predicted molar refractivity (Wildman–Crippen MR) is 52.9 cm³/mol. The van der Waals surface area contributed by atoms with E-state index in [0.29, 0.717) is 0 Å². The lowest BCUT2D eigenvalue weighted by Gasteiger charge is -2.42. The van der Waals surface area contributed by atoms with Crippen LogP contribution in [-0.4, -0.2) is 0 Å². The molecule has 0 amide bonds. The first-order valence-corrected chi connectivity index (χ1v) is 5.44. The van der Waals surface area contributed by atoms with Gasteiger partial charge in [0.1, 0.15) is 0 Å². The quantitative estimate of drug-likeness (QED) is 0.479. The van der Waals surface area contributed by atoms with Crippen LogP contribution in [0.4, 0.5) is 0 Å². The standard InChI is InChI=1S/C12H20/c1-9-7-8-10(2)12-6-4-3-5-11(9)12/h3-4,9-12H,5-8H2,1-2H3.